The van der Waals surface area contributed by atoms with E-state index in [1.54, 1.807) is 12.5 Å². The zero-order valence-electron chi connectivity index (χ0n) is 7.72. The van der Waals surface area contributed by atoms with E-state index < -0.39 is 0 Å². The molecule has 0 aliphatic carbocycles. The highest BCUT2D eigenvalue weighted by molar-refractivity contribution is 9.09. The second-order valence-corrected chi connectivity index (χ2v) is 4.13. The Kier molecular flexibility index (Phi) is 12.5. The smallest absolute Gasteiger partial charge is 0.0861 e. The first-order chi connectivity index (χ1) is 6.41. The molecule has 0 heterocycles. The third-order valence-electron chi connectivity index (χ3n) is 1.36. The first-order valence-electron chi connectivity index (χ1n) is 4.49. The van der Waals surface area contributed by atoms with Gasteiger partial charge in [-0.25, -0.2) is 0 Å². The van der Waals surface area contributed by atoms with E-state index in [0.29, 0.717) is 0 Å². The van der Waals surface area contributed by atoms with E-state index in [0.717, 1.165) is 36.3 Å². The molecule has 0 aromatic rings. The van der Waals surface area contributed by atoms with Crippen LogP contribution in [-0.4, -0.2) is 10.7 Å². The molecule has 0 amide bonds. The van der Waals surface area contributed by atoms with Crippen molar-refractivity contribution in [3.05, 3.63) is 24.7 Å². The minimum absolute atomic E-state index is 1.05. The molecule has 0 N–H and O–H groups in total. The van der Waals surface area contributed by atoms with Crippen LogP contribution in [-0.2, 0) is 4.74 Å². The number of hydrogen-bond acceptors (Lipinski definition) is 1. The second-order valence-electron chi connectivity index (χ2n) is 2.54. The van der Waals surface area contributed by atoms with Crippen molar-refractivity contribution >= 4 is 31.9 Å². The van der Waals surface area contributed by atoms with Crippen molar-refractivity contribution in [2.75, 3.05) is 10.7 Å². The summed E-state index contributed by atoms with van der Waals surface area (Å²) >= 11 is 6.74. The lowest BCUT2D eigenvalue weighted by Gasteiger charge is -1.90. The summed E-state index contributed by atoms with van der Waals surface area (Å²) < 4.78 is 5.14. The fourth-order valence-electron chi connectivity index (χ4n) is 0.683. The fraction of sp³-hybridized carbons (Fsp3) is 0.600. The Bertz CT molecular complexity index is 128. The highest BCUT2D eigenvalue weighted by atomic mass is 79.9. The molecule has 76 valence electrons. The Morgan fingerprint density at radius 2 is 1.31 bits per heavy atom. The van der Waals surface area contributed by atoms with Gasteiger partial charge >= 0.3 is 0 Å². The van der Waals surface area contributed by atoms with Gasteiger partial charge in [-0.3, -0.25) is 0 Å². The number of ether oxygens (including phenoxy) is 1. The summed E-state index contributed by atoms with van der Waals surface area (Å²) in [6.07, 6.45) is 12.0. The summed E-state index contributed by atoms with van der Waals surface area (Å²) in [5.74, 6) is 0. The maximum absolute atomic E-state index is 5.14. The Balaban J connectivity index is 3.13. The summed E-state index contributed by atoms with van der Waals surface area (Å²) in [6, 6.07) is 0. The molecule has 0 aliphatic rings. The van der Waals surface area contributed by atoms with Crippen LogP contribution in [0.2, 0.25) is 0 Å². The summed E-state index contributed by atoms with van der Waals surface area (Å²) in [4.78, 5) is 0. The number of unbranched alkanes of at least 4 members (excludes halogenated alkanes) is 2. The number of allylic oxidation sites excluding steroid dienone is 2. The highest BCUT2D eigenvalue weighted by Gasteiger charge is 1.79. The normalized spacial score (nSPS) is 11.5. The maximum Gasteiger partial charge on any atom is 0.0861 e. The van der Waals surface area contributed by atoms with Crippen LogP contribution >= 0.6 is 31.9 Å². The van der Waals surface area contributed by atoms with E-state index in [9.17, 15) is 0 Å². The average Bonchev–Trinajstić information content (AvgIpc) is 2.16. The minimum Gasteiger partial charge on any atom is -0.473 e. The molecule has 3 heteroatoms. The van der Waals surface area contributed by atoms with Crippen LogP contribution in [0.3, 0.4) is 0 Å². The van der Waals surface area contributed by atoms with Crippen LogP contribution < -0.4 is 0 Å². The predicted octanol–water partition coefficient (Wildman–Crippen LogP) is 4.38. The van der Waals surface area contributed by atoms with Gasteiger partial charge in [-0.15, -0.1) is 0 Å². The van der Waals surface area contributed by atoms with Crippen LogP contribution in [0, 0.1) is 0 Å². The number of alkyl halides is 2. The molecule has 0 fully saturated rings. The first-order valence-corrected chi connectivity index (χ1v) is 6.73. The van der Waals surface area contributed by atoms with Crippen molar-refractivity contribution in [3.8, 4) is 0 Å². The zero-order chi connectivity index (χ0) is 9.78. The quantitative estimate of drug-likeness (QED) is 0.367. The number of halogens is 2. The molecule has 0 saturated heterocycles. The second kappa shape index (κ2) is 12.2. The lowest BCUT2D eigenvalue weighted by molar-refractivity contribution is 0.398. The molecule has 13 heavy (non-hydrogen) atoms. The lowest BCUT2D eigenvalue weighted by Crippen LogP contribution is -1.73. The predicted molar refractivity (Wildman–Crippen MR) is 65.4 cm³/mol. The Morgan fingerprint density at radius 1 is 0.846 bits per heavy atom. The van der Waals surface area contributed by atoms with E-state index in [2.05, 4.69) is 31.9 Å². The molecule has 0 aromatic carbocycles. The van der Waals surface area contributed by atoms with E-state index in [-0.39, 0.29) is 0 Å². The van der Waals surface area contributed by atoms with Crippen LogP contribution in [0.25, 0.3) is 0 Å². The third-order valence-corrected chi connectivity index (χ3v) is 2.48. The Morgan fingerprint density at radius 3 is 1.69 bits per heavy atom. The molecule has 0 atom stereocenters. The SMILES string of the molecule is BrCCCC=COC=CCCCBr. The van der Waals surface area contributed by atoms with Gasteiger partial charge in [0.05, 0.1) is 12.5 Å². The van der Waals surface area contributed by atoms with Gasteiger partial charge in [-0.2, -0.15) is 0 Å². The summed E-state index contributed by atoms with van der Waals surface area (Å²) in [5.41, 5.74) is 0. The van der Waals surface area contributed by atoms with Crippen molar-refractivity contribution in [1.29, 1.82) is 0 Å². The molecule has 0 saturated carbocycles. The van der Waals surface area contributed by atoms with E-state index in [4.69, 9.17) is 4.74 Å². The van der Waals surface area contributed by atoms with Crippen LogP contribution in [0.4, 0.5) is 0 Å². The molecular formula is C10H16Br2O. The van der Waals surface area contributed by atoms with Crippen molar-refractivity contribution in [1.82, 2.24) is 0 Å². The number of hydrogen-bond donors (Lipinski definition) is 0. The Labute approximate surface area is 97.5 Å². The summed E-state index contributed by atoms with van der Waals surface area (Å²) in [6.45, 7) is 0. The van der Waals surface area contributed by atoms with Crippen molar-refractivity contribution < 1.29 is 4.74 Å². The van der Waals surface area contributed by atoms with Gasteiger partial charge in [0.2, 0.25) is 0 Å². The molecule has 0 aromatic heterocycles. The molecule has 0 spiro atoms. The topological polar surface area (TPSA) is 9.23 Å². The average molecular weight is 312 g/mol. The largest absolute Gasteiger partial charge is 0.473 e. The third kappa shape index (κ3) is 12.2. The molecule has 0 bridgehead atoms. The van der Waals surface area contributed by atoms with Gasteiger partial charge in [0.15, 0.2) is 0 Å². The summed E-state index contributed by atoms with van der Waals surface area (Å²) in [5, 5.41) is 2.11. The van der Waals surface area contributed by atoms with Crippen molar-refractivity contribution in [3.63, 3.8) is 0 Å². The van der Waals surface area contributed by atoms with Crippen molar-refractivity contribution in [2.24, 2.45) is 0 Å². The van der Waals surface area contributed by atoms with Gasteiger partial charge in [0.25, 0.3) is 0 Å². The zero-order valence-corrected chi connectivity index (χ0v) is 10.9. The molecular weight excluding hydrogens is 296 g/mol. The van der Waals surface area contributed by atoms with Crippen molar-refractivity contribution in [2.45, 2.75) is 25.7 Å². The summed E-state index contributed by atoms with van der Waals surface area (Å²) in [7, 11) is 0. The molecule has 1 nitrogen and oxygen atoms in total. The first kappa shape index (κ1) is 13.2. The van der Waals surface area contributed by atoms with Gasteiger partial charge < -0.3 is 4.74 Å². The van der Waals surface area contributed by atoms with Crippen LogP contribution in [0.1, 0.15) is 25.7 Å². The van der Waals surface area contributed by atoms with Gasteiger partial charge in [-0.1, -0.05) is 31.9 Å². The van der Waals surface area contributed by atoms with E-state index >= 15 is 0 Å². The maximum atomic E-state index is 5.14. The molecule has 0 unspecified atom stereocenters. The standard InChI is InChI=1S/C10H16Br2O/c11-7-3-1-5-9-13-10-6-2-4-8-12/h5-6,9-10H,1-4,7-8H2. The minimum atomic E-state index is 1.05. The fourth-order valence-corrected chi connectivity index (χ4v) is 1.33. The molecule has 0 radical (unpaired) electrons. The van der Waals surface area contributed by atoms with Gasteiger partial charge in [0, 0.05) is 10.7 Å². The van der Waals surface area contributed by atoms with E-state index in [1.807, 2.05) is 12.2 Å². The van der Waals surface area contributed by atoms with Crippen LogP contribution in [0.5, 0.6) is 0 Å². The van der Waals surface area contributed by atoms with Gasteiger partial charge in [0.1, 0.15) is 0 Å². The lowest BCUT2D eigenvalue weighted by atomic mass is 10.3. The molecule has 0 rings (SSSR count). The number of rotatable bonds is 8. The van der Waals surface area contributed by atoms with Gasteiger partial charge in [-0.05, 0) is 37.8 Å². The molecule has 0 aliphatic heterocycles. The highest BCUT2D eigenvalue weighted by Crippen LogP contribution is 1.97. The monoisotopic (exact) mass is 310 g/mol. The van der Waals surface area contributed by atoms with Crippen LogP contribution in [0.15, 0.2) is 24.7 Å². The Hall–Kier alpha value is 0.240. The van der Waals surface area contributed by atoms with E-state index in [1.165, 1.54) is 0 Å².